The minimum Gasteiger partial charge on any atom is -0.508 e. The molecule has 0 unspecified atom stereocenters. The molecular formula is C20H19N3O5S. The van der Waals surface area contributed by atoms with Gasteiger partial charge in [-0.1, -0.05) is 6.07 Å². The van der Waals surface area contributed by atoms with Crippen LogP contribution in [0.5, 0.6) is 5.75 Å². The first kappa shape index (κ1) is 19.2. The summed E-state index contributed by atoms with van der Waals surface area (Å²) in [7, 11) is -3.83. The lowest BCUT2D eigenvalue weighted by atomic mass is 9.88. The van der Waals surface area contributed by atoms with Gasteiger partial charge in [0, 0.05) is 11.1 Å². The number of aromatic nitrogens is 2. The van der Waals surface area contributed by atoms with E-state index in [1.54, 1.807) is 35.9 Å². The molecule has 1 aliphatic carbocycles. The summed E-state index contributed by atoms with van der Waals surface area (Å²) in [5, 5.41) is 19.7. The standard InChI is InChI=1S/C20H19N3O5S/c1-2-28-20(25)18-16-10-4-12-3-7-14(24)11-17(12)19(16)23(22-18)13-5-8-15(9-6-13)29(21,26)27/h3,5-9,11,24H,2,4,10H2,1H3,(H2,21,26,27). The van der Waals surface area contributed by atoms with Crippen LogP contribution in [0.1, 0.15) is 28.5 Å². The summed E-state index contributed by atoms with van der Waals surface area (Å²) in [6, 6.07) is 11.0. The molecule has 0 radical (unpaired) electrons. The van der Waals surface area contributed by atoms with Gasteiger partial charge in [0.15, 0.2) is 5.69 Å². The Hall–Kier alpha value is -3.17. The molecule has 1 aromatic heterocycles. The molecule has 0 bridgehead atoms. The lowest BCUT2D eigenvalue weighted by molar-refractivity contribution is 0.0517. The van der Waals surface area contributed by atoms with Gasteiger partial charge in [-0.3, -0.25) is 0 Å². The number of carbonyl (C=O) groups excluding carboxylic acids is 1. The van der Waals surface area contributed by atoms with Crippen LogP contribution in [-0.4, -0.2) is 35.9 Å². The van der Waals surface area contributed by atoms with E-state index >= 15 is 0 Å². The second-order valence-corrected chi connectivity index (χ2v) is 8.25. The van der Waals surface area contributed by atoms with Crippen molar-refractivity contribution >= 4 is 16.0 Å². The average molecular weight is 413 g/mol. The van der Waals surface area contributed by atoms with Gasteiger partial charge in [0.2, 0.25) is 10.0 Å². The van der Waals surface area contributed by atoms with Crippen LogP contribution >= 0.6 is 0 Å². The number of primary sulfonamides is 1. The fourth-order valence-corrected chi connectivity index (χ4v) is 4.07. The van der Waals surface area contributed by atoms with Crippen molar-refractivity contribution in [1.29, 1.82) is 0 Å². The van der Waals surface area contributed by atoms with Gasteiger partial charge in [0.25, 0.3) is 0 Å². The Morgan fingerprint density at radius 3 is 2.59 bits per heavy atom. The summed E-state index contributed by atoms with van der Waals surface area (Å²) in [6.07, 6.45) is 1.29. The van der Waals surface area contributed by atoms with E-state index in [9.17, 15) is 18.3 Å². The van der Waals surface area contributed by atoms with Crippen molar-refractivity contribution in [3.63, 3.8) is 0 Å². The molecule has 8 nitrogen and oxygen atoms in total. The molecule has 4 rings (SSSR count). The number of hydrogen-bond donors (Lipinski definition) is 2. The molecule has 1 aliphatic rings. The maximum atomic E-state index is 12.5. The number of nitrogens with two attached hydrogens (primary N) is 1. The van der Waals surface area contributed by atoms with Crippen molar-refractivity contribution in [2.75, 3.05) is 6.61 Å². The van der Waals surface area contributed by atoms with Crippen molar-refractivity contribution in [2.45, 2.75) is 24.7 Å². The van der Waals surface area contributed by atoms with E-state index in [4.69, 9.17) is 9.88 Å². The summed E-state index contributed by atoms with van der Waals surface area (Å²) < 4.78 is 29.8. The Morgan fingerprint density at radius 1 is 1.21 bits per heavy atom. The Balaban J connectivity index is 1.94. The number of hydrogen-bond acceptors (Lipinski definition) is 6. The van der Waals surface area contributed by atoms with Crippen molar-refractivity contribution in [3.8, 4) is 22.7 Å². The van der Waals surface area contributed by atoms with Crippen LogP contribution in [0.15, 0.2) is 47.4 Å². The molecule has 0 atom stereocenters. The van der Waals surface area contributed by atoms with Gasteiger partial charge >= 0.3 is 5.97 Å². The van der Waals surface area contributed by atoms with E-state index in [1.165, 1.54) is 12.1 Å². The number of esters is 1. The van der Waals surface area contributed by atoms with E-state index in [0.717, 1.165) is 16.7 Å². The average Bonchev–Trinajstić information content (AvgIpc) is 3.08. The van der Waals surface area contributed by atoms with Crippen molar-refractivity contribution in [2.24, 2.45) is 5.14 Å². The molecule has 29 heavy (non-hydrogen) atoms. The third kappa shape index (κ3) is 3.39. The molecule has 3 aromatic rings. The fraction of sp³-hybridized carbons (Fsp3) is 0.200. The highest BCUT2D eigenvalue weighted by Gasteiger charge is 2.30. The number of phenolic OH excluding ortho intramolecular Hbond substituents is 1. The second kappa shape index (κ2) is 7.02. The van der Waals surface area contributed by atoms with Gasteiger partial charge in [-0.25, -0.2) is 23.0 Å². The molecule has 0 saturated heterocycles. The summed E-state index contributed by atoms with van der Waals surface area (Å²) in [6.45, 7) is 1.95. The number of aromatic hydroxyl groups is 1. The third-order valence-electron chi connectivity index (χ3n) is 4.86. The fourth-order valence-electron chi connectivity index (χ4n) is 3.55. The van der Waals surface area contributed by atoms with Crippen LogP contribution in [0.3, 0.4) is 0 Å². The highest BCUT2D eigenvalue weighted by molar-refractivity contribution is 7.89. The van der Waals surface area contributed by atoms with E-state index in [-0.39, 0.29) is 22.9 Å². The number of rotatable bonds is 4. The van der Waals surface area contributed by atoms with Gasteiger partial charge in [-0.15, -0.1) is 0 Å². The van der Waals surface area contributed by atoms with Crippen LogP contribution in [0, 0.1) is 0 Å². The Bertz CT molecular complexity index is 1210. The zero-order chi connectivity index (χ0) is 20.8. The quantitative estimate of drug-likeness (QED) is 0.632. The minimum atomic E-state index is -3.83. The molecule has 2 aromatic carbocycles. The smallest absolute Gasteiger partial charge is 0.359 e. The number of ether oxygens (including phenoxy) is 1. The lowest BCUT2D eigenvalue weighted by Crippen LogP contribution is -2.12. The van der Waals surface area contributed by atoms with Crippen LogP contribution in [0.25, 0.3) is 16.9 Å². The van der Waals surface area contributed by atoms with Crippen LogP contribution in [-0.2, 0) is 27.6 Å². The van der Waals surface area contributed by atoms with Crippen LogP contribution < -0.4 is 5.14 Å². The molecule has 1 heterocycles. The summed E-state index contributed by atoms with van der Waals surface area (Å²) in [5.41, 5.74) is 3.97. The summed E-state index contributed by atoms with van der Waals surface area (Å²) in [5.74, 6) is -0.418. The number of nitrogens with zero attached hydrogens (tertiary/aromatic N) is 2. The van der Waals surface area contributed by atoms with Crippen molar-refractivity contribution in [1.82, 2.24) is 9.78 Å². The topological polar surface area (TPSA) is 125 Å². The normalized spacial score (nSPS) is 12.9. The maximum Gasteiger partial charge on any atom is 0.359 e. The lowest BCUT2D eigenvalue weighted by Gasteiger charge is -2.19. The zero-order valence-electron chi connectivity index (χ0n) is 15.6. The van der Waals surface area contributed by atoms with Gasteiger partial charge in [0.1, 0.15) is 5.75 Å². The molecule has 0 amide bonds. The summed E-state index contributed by atoms with van der Waals surface area (Å²) in [4.78, 5) is 12.5. The number of benzene rings is 2. The molecule has 0 spiro atoms. The zero-order valence-corrected chi connectivity index (χ0v) is 16.4. The van der Waals surface area contributed by atoms with Gasteiger partial charge < -0.3 is 9.84 Å². The molecule has 150 valence electrons. The molecule has 9 heteroatoms. The Morgan fingerprint density at radius 2 is 1.93 bits per heavy atom. The largest absolute Gasteiger partial charge is 0.508 e. The number of aryl methyl sites for hydroxylation is 1. The molecule has 3 N–H and O–H groups in total. The predicted octanol–water partition coefficient (Wildman–Crippen LogP) is 2.17. The first-order chi connectivity index (χ1) is 13.8. The number of fused-ring (bicyclic) bond motifs is 3. The Kier molecular flexibility index (Phi) is 4.64. The number of phenols is 1. The van der Waals surface area contributed by atoms with Crippen LogP contribution in [0.4, 0.5) is 0 Å². The first-order valence-electron chi connectivity index (χ1n) is 9.04. The molecule has 0 aliphatic heterocycles. The SMILES string of the molecule is CCOC(=O)c1nn(-c2ccc(S(N)(=O)=O)cc2)c2c1CCc1ccc(O)cc1-2. The van der Waals surface area contributed by atoms with Crippen molar-refractivity contribution < 1.29 is 23.1 Å². The highest BCUT2D eigenvalue weighted by atomic mass is 32.2. The van der Waals surface area contributed by atoms with Gasteiger partial charge in [0.05, 0.1) is 22.9 Å². The van der Waals surface area contributed by atoms with E-state index in [1.807, 2.05) is 6.07 Å². The van der Waals surface area contributed by atoms with Gasteiger partial charge in [-0.05, 0) is 61.7 Å². The van der Waals surface area contributed by atoms with Gasteiger partial charge in [-0.2, -0.15) is 5.10 Å². The predicted molar refractivity (Wildman–Crippen MR) is 105 cm³/mol. The first-order valence-corrected chi connectivity index (χ1v) is 10.6. The number of carbonyl (C=O) groups is 1. The third-order valence-corrected chi connectivity index (χ3v) is 5.78. The minimum absolute atomic E-state index is 0.0223. The number of sulfonamides is 1. The van der Waals surface area contributed by atoms with Crippen LogP contribution in [0.2, 0.25) is 0 Å². The second-order valence-electron chi connectivity index (χ2n) is 6.69. The molecule has 0 fully saturated rings. The maximum absolute atomic E-state index is 12.5. The van der Waals surface area contributed by atoms with Crippen molar-refractivity contribution in [3.05, 3.63) is 59.3 Å². The van der Waals surface area contributed by atoms with E-state index in [0.29, 0.717) is 24.2 Å². The molecular weight excluding hydrogens is 394 g/mol. The van der Waals surface area contributed by atoms with E-state index < -0.39 is 16.0 Å². The molecule has 0 saturated carbocycles. The highest BCUT2D eigenvalue weighted by Crippen LogP contribution is 2.38. The van der Waals surface area contributed by atoms with E-state index in [2.05, 4.69) is 5.10 Å². The Labute approximate surface area is 167 Å². The monoisotopic (exact) mass is 413 g/mol. The summed E-state index contributed by atoms with van der Waals surface area (Å²) >= 11 is 0.